The van der Waals surface area contributed by atoms with Crippen molar-refractivity contribution in [2.75, 3.05) is 11.5 Å². The molecule has 104 valence electrons. The van der Waals surface area contributed by atoms with Gasteiger partial charge in [0, 0.05) is 11.0 Å². The minimum absolute atomic E-state index is 0.140. The topological polar surface area (TPSA) is 57.9 Å². The summed E-state index contributed by atoms with van der Waals surface area (Å²) in [5, 5.41) is 9.14. The third-order valence-corrected chi connectivity index (χ3v) is 6.51. The highest BCUT2D eigenvalue weighted by atomic mass is 32.2. The van der Waals surface area contributed by atoms with Gasteiger partial charge < -0.3 is 0 Å². The number of rotatable bonds is 6. The van der Waals surface area contributed by atoms with Gasteiger partial charge in [-0.1, -0.05) is 20.8 Å². The van der Waals surface area contributed by atoms with Crippen molar-refractivity contribution >= 4 is 21.6 Å². The summed E-state index contributed by atoms with van der Waals surface area (Å²) >= 11 is 1.68. The molecule has 1 aromatic rings. The van der Waals surface area contributed by atoms with Crippen molar-refractivity contribution in [2.45, 2.75) is 30.9 Å². The van der Waals surface area contributed by atoms with Gasteiger partial charge in [-0.05, 0) is 30.2 Å². The number of sulfone groups is 1. The van der Waals surface area contributed by atoms with Gasteiger partial charge >= 0.3 is 0 Å². The maximum absolute atomic E-state index is 12.1. The first kappa shape index (κ1) is 16.1. The molecule has 1 aromatic carbocycles. The van der Waals surface area contributed by atoms with Crippen LogP contribution in [0, 0.1) is 17.2 Å². The van der Waals surface area contributed by atoms with E-state index in [9.17, 15) is 8.42 Å². The van der Waals surface area contributed by atoms with Crippen LogP contribution in [-0.4, -0.2) is 25.2 Å². The van der Waals surface area contributed by atoms with E-state index >= 15 is 0 Å². The minimum Gasteiger partial charge on any atom is -0.224 e. The highest BCUT2D eigenvalue weighted by Crippen LogP contribution is 2.20. The number of nitrogens with zero attached hydrogens (tertiary/aromatic N) is 1. The van der Waals surface area contributed by atoms with Crippen LogP contribution in [0.25, 0.3) is 0 Å². The fourth-order valence-electron chi connectivity index (χ4n) is 1.39. The lowest BCUT2D eigenvalue weighted by Crippen LogP contribution is -2.13. The van der Waals surface area contributed by atoms with Crippen LogP contribution in [0.1, 0.15) is 26.3 Å². The second-order valence-corrected chi connectivity index (χ2v) is 8.37. The molecule has 0 N–H and O–H groups in total. The molecule has 0 bridgehead atoms. The second kappa shape index (κ2) is 6.97. The summed E-state index contributed by atoms with van der Waals surface area (Å²) in [5.41, 5.74) is 0.474. The van der Waals surface area contributed by atoms with Gasteiger partial charge in [-0.15, -0.1) is 0 Å². The van der Waals surface area contributed by atoms with E-state index in [2.05, 4.69) is 20.8 Å². The molecule has 19 heavy (non-hydrogen) atoms. The molecule has 0 heterocycles. The quantitative estimate of drug-likeness (QED) is 0.809. The molecule has 0 fully saturated rings. The zero-order valence-corrected chi connectivity index (χ0v) is 13.1. The molecule has 5 heteroatoms. The molecule has 0 aliphatic heterocycles. The van der Waals surface area contributed by atoms with Gasteiger partial charge in [0.25, 0.3) is 0 Å². The zero-order valence-electron chi connectivity index (χ0n) is 11.5. The molecule has 3 nitrogen and oxygen atoms in total. The number of thioether (sulfide) groups is 1. The fourth-order valence-corrected chi connectivity index (χ4v) is 4.20. The van der Waals surface area contributed by atoms with E-state index in [1.54, 1.807) is 11.8 Å². The number of hydrogen-bond donors (Lipinski definition) is 0. The van der Waals surface area contributed by atoms with Crippen LogP contribution in [0.15, 0.2) is 29.2 Å². The molecule has 0 radical (unpaired) electrons. The summed E-state index contributed by atoms with van der Waals surface area (Å²) < 4.78 is 24.2. The van der Waals surface area contributed by atoms with Crippen molar-refractivity contribution in [1.29, 1.82) is 5.26 Å². The molecular formula is C14H19NO2S2. The summed E-state index contributed by atoms with van der Waals surface area (Å²) in [4.78, 5) is 0.296. The van der Waals surface area contributed by atoms with Crippen LogP contribution in [0.5, 0.6) is 0 Å². The van der Waals surface area contributed by atoms with Crippen molar-refractivity contribution < 1.29 is 8.42 Å². The molecule has 1 rings (SSSR count). The Morgan fingerprint density at radius 1 is 1.21 bits per heavy atom. The van der Waals surface area contributed by atoms with Gasteiger partial charge in [-0.25, -0.2) is 8.42 Å². The van der Waals surface area contributed by atoms with E-state index in [1.165, 1.54) is 24.3 Å². The first-order valence-corrected chi connectivity index (χ1v) is 8.91. The Morgan fingerprint density at radius 3 is 2.26 bits per heavy atom. The first-order chi connectivity index (χ1) is 8.86. The van der Waals surface area contributed by atoms with E-state index in [1.807, 2.05) is 6.07 Å². The average Bonchev–Trinajstić information content (AvgIpc) is 2.38. The molecule has 0 saturated carbocycles. The number of benzene rings is 1. The predicted octanol–water partition coefficient (Wildman–Crippen LogP) is 3.11. The van der Waals surface area contributed by atoms with E-state index < -0.39 is 9.84 Å². The maximum atomic E-state index is 12.1. The van der Waals surface area contributed by atoms with Gasteiger partial charge in [-0.2, -0.15) is 17.0 Å². The van der Waals surface area contributed by atoms with Gasteiger partial charge in [0.15, 0.2) is 9.84 Å². The second-order valence-electron chi connectivity index (χ2n) is 4.77. The van der Waals surface area contributed by atoms with E-state index in [0.717, 1.165) is 0 Å². The van der Waals surface area contributed by atoms with Crippen molar-refractivity contribution in [3.63, 3.8) is 0 Å². The lowest BCUT2D eigenvalue weighted by atomic mass is 10.2. The van der Waals surface area contributed by atoms with Crippen molar-refractivity contribution in [2.24, 2.45) is 5.92 Å². The normalized spacial score (nSPS) is 13.2. The Kier molecular flexibility index (Phi) is 5.89. The highest BCUT2D eigenvalue weighted by Gasteiger charge is 2.15. The molecule has 0 saturated heterocycles. The van der Waals surface area contributed by atoms with Crippen LogP contribution in [0.3, 0.4) is 0 Å². The third-order valence-electron chi connectivity index (χ3n) is 3.01. The van der Waals surface area contributed by atoms with Crippen LogP contribution >= 0.6 is 11.8 Å². The van der Waals surface area contributed by atoms with Crippen molar-refractivity contribution in [1.82, 2.24) is 0 Å². The lowest BCUT2D eigenvalue weighted by Gasteiger charge is -2.14. The van der Waals surface area contributed by atoms with Gasteiger partial charge in [0.05, 0.1) is 22.3 Å². The Morgan fingerprint density at radius 2 is 1.79 bits per heavy atom. The first-order valence-electron chi connectivity index (χ1n) is 6.21. The Bertz CT molecular complexity index is 542. The molecule has 0 aliphatic rings. The summed E-state index contributed by atoms with van der Waals surface area (Å²) in [6, 6.07) is 8.06. The van der Waals surface area contributed by atoms with Crippen LogP contribution in [0.4, 0.5) is 0 Å². The summed E-state index contributed by atoms with van der Waals surface area (Å²) in [7, 11) is -3.24. The SMILES string of the molecule is CC(C)C(C)SCCS(=O)(=O)c1ccc(C#N)cc1. The van der Waals surface area contributed by atoms with E-state index in [4.69, 9.17) is 5.26 Å². The van der Waals surface area contributed by atoms with Gasteiger partial charge in [0.2, 0.25) is 0 Å². The predicted molar refractivity (Wildman–Crippen MR) is 80.0 cm³/mol. The summed E-state index contributed by atoms with van der Waals surface area (Å²) in [5.74, 6) is 1.28. The average molecular weight is 297 g/mol. The zero-order chi connectivity index (χ0) is 14.5. The molecular weight excluding hydrogens is 278 g/mol. The third kappa shape index (κ3) is 4.88. The molecule has 0 aliphatic carbocycles. The van der Waals surface area contributed by atoms with Crippen LogP contribution < -0.4 is 0 Å². The number of hydrogen-bond acceptors (Lipinski definition) is 4. The monoisotopic (exact) mass is 297 g/mol. The summed E-state index contributed by atoms with van der Waals surface area (Å²) in [6.07, 6.45) is 0. The van der Waals surface area contributed by atoms with E-state index in [-0.39, 0.29) is 5.75 Å². The molecule has 0 aromatic heterocycles. The van der Waals surface area contributed by atoms with Crippen LogP contribution in [0.2, 0.25) is 0 Å². The standard InChI is InChI=1S/C14H19NO2S2/c1-11(2)12(3)18-8-9-19(16,17)14-6-4-13(10-15)5-7-14/h4-7,11-12H,8-9H2,1-3H3. The Balaban J connectivity index is 2.63. The smallest absolute Gasteiger partial charge is 0.179 e. The molecule has 0 spiro atoms. The fraction of sp³-hybridized carbons (Fsp3) is 0.500. The van der Waals surface area contributed by atoms with Gasteiger partial charge in [0.1, 0.15) is 0 Å². The Hall–Kier alpha value is -0.990. The Labute approximate surface area is 119 Å². The molecule has 1 atom stereocenters. The number of nitriles is 1. The van der Waals surface area contributed by atoms with Gasteiger partial charge in [-0.3, -0.25) is 0 Å². The molecule has 0 amide bonds. The van der Waals surface area contributed by atoms with E-state index in [0.29, 0.717) is 27.4 Å². The lowest BCUT2D eigenvalue weighted by molar-refractivity contribution is 0.597. The maximum Gasteiger partial charge on any atom is 0.179 e. The summed E-state index contributed by atoms with van der Waals surface area (Å²) in [6.45, 7) is 6.38. The molecule has 1 unspecified atom stereocenters. The van der Waals surface area contributed by atoms with Crippen molar-refractivity contribution in [3.05, 3.63) is 29.8 Å². The van der Waals surface area contributed by atoms with Crippen LogP contribution in [-0.2, 0) is 9.84 Å². The van der Waals surface area contributed by atoms with Crippen molar-refractivity contribution in [3.8, 4) is 6.07 Å². The largest absolute Gasteiger partial charge is 0.224 e. The minimum atomic E-state index is -3.24. The highest BCUT2D eigenvalue weighted by molar-refractivity contribution is 8.01.